The zero-order valence-electron chi connectivity index (χ0n) is 5.57. The Morgan fingerprint density at radius 1 is 1.62 bits per heavy atom. The first-order valence-corrected chi connectivity index (χ1v) is 2.89. The Morgan fingerprint density at radius 3 is 2.62 bits per heavy atom. The lowest BCUT2D eigenvalue weighted by Gasteiger charge is -2.09. The van der Waals surface area contributed by atoms with Crippen molar-refractivity contribution in [3.8, 4) is 0 Å². The minimum Gasteiger partial charge on any atom is -0.318 e. The predicted molar refractivity (Wildman–Crippen MR) is 35.6 cm³/mol. The molecule has 0 aliphatic carbocycles. The molecule has 0 fully saturated rings. The molecule has 1 atom stereocenters. The third-order valence-electron chi connectivity index (χ3n) is 0.977. The highest BCUT2D eigenvalue weighted by Crippen LogP contribution is 1.72. The zero-order valence-corrected chi connectivity index (χ0v) is 5.57. The average Bonchev–Trinajstić information content (AvgIpc) is 1.68. The lowest BCUT2D eigenvalue weighted by molar-refractivity contribution is 0.533. The van der Waals surface area contributed by atoms with Crippen LogP contribution in [-0.2, 0) is 0 Å². The Hall–Kier alpha value is -0.120. The monoisotopic (exact) mass is 117 g/mol. The van der Waals surface area contributed by atoms with Gasteiger partial charge in [0.25, 0.3) is 0 Å². The molecule has 0 bridgehead atoms. The van der Waals surface area contributed by atoms with Crippen molar-refractivity contribution in [2.24, 2.45) is 5.73 Å². The molecule has 8 heavy (non-hydrogen) atoms. The highest BCUT2D eigenvalue weighted by Gasteiger charge is 1.93. The van der Waals surface area contributed by atoms with Crippen molar-refractivity contribution in [2.45, 2.75) is 13.0 Å². The fourth-order valence-corrected chi connectivity index (χ4v) is 0.580. The summed E-state index contributed by atoms with van der Waals surface area (Å²) < 4.78 is 0. The standard InChI is InChI=1S/C5H15N3/c1-5(3-7-2)8-4-6/h5,7-8H,3-4,6H2,1-2H3. The van der Waals surface area contributed by atoms with Crippen LogP contribution in [0.3, 0.4) is 0 Å². The van der Waals surface area contributed by atoms with Crippen LogP contribution in [0.1, 0.15) is 6.92 Å². The van der Waals surface area contributed by atoms with Gasteiger partial charge < -0.3 is 16.4 Å². The van der Waals surface area contributed by atoms with Crippen LogP contribution in [0.15, 0.2) is 0 Å². The molecule has 3 nitrogen and oxygen atoms in total. The van der Waals surface area contributed by atoms with Crippen LogP contribution in [0.25, 0.3) is 0 Å². The van der Waals surface area contributed by atoms with Crippen molar-refractivity contribution in [1.82, 2.24) is 10.6 Å². The first-order valence-electron chi connectivity index (χ1n) is 2.89. The highest BCUT2D eigenvalue weighted by molar-refractivity contribution is 4.58. The predicted octanol–water partition coefficient (Wildman–Crippen LogP) is -0.900. The van der Waals surface area contributed by atoms with E-state index in [-0.39, 0.29) is 0 Å². The molecule has 4 N–H and O–H groups in total. The van der Waals surface area contributed by atoms with Crippen molar-refractivity contribution in [2.75, 3.05) is 20.3 Å². The Bertz CT molecular complexity index is 40.9. The van der Waals surface area contributed by atoms with Crippen molar-refractivity contribution in [3.63, 3.8) is 0 Å². The topological polar surface area (TPSA) is 50.1 Å². The fourth-order valence-electron chi connectivity index (χ4n) is 0.580. The van der Waals surface area contributed by atoms with E-state index >= 15 is 0 Å². The van der Waals surface area contributed by atoms with Crippen molar-refractivity contribution in [1.29, 1.82) is 0 Å². The van der Waals surface area contributed by atoms with Gasteiger partial charge in [0.2, 0.25) is 0 Å². The summed E-state index contributed by atoms with van der Waals surface area (Å²) >= 11 is 0. The summed E-state index contributed by atoms with van der Waals surface area (Å²) in [5.41, 5.74) is 5.22. The Balaban J connectivity index is 2.92. The van der Waals surface area contributed by atoms with Crippen LogP contribution >= 0.6 is 0 Å². The van der Waals surface area contributed by atoms with E-state index in [4.69, 9.17) is 5.73 Å². The maximum Gasteiger partial charge on any atom is 0.0431 e. The van der Waals surface area contributed by atoms with Gasteiger partial charge in [-0.1, -0.05) is 0 Å². The second-order valence-corrected chi connectivity index (χ2v) is 1.87. The molecule has 0 rings (SSSR count). The first kappa shape index (κ1) is 7.88. The Kier molecular flexibility index (Phi) is 4.95. The van der Waals surface area contributed by atoms with Crippen molar-refractivity contribution in [3.05, 3.63) is 0 Å². The number of hydrogen-bond donors (Lipinski definition) is 3. The van der Waals surface area contributed by atoms with E-state index in [1.165, 1.54) is 0 Å². The molecule has 50 valence electrons. The van der Waals surface area contributed by atoms with Gasteiger partial charge >= 0.3 is 0 Å². The lowest BCUT2D eigenvalue weighted by atomic mass is 10.3. The van der Waals surface area contributed by atoms with Crippen LogP contribution in [0.2, 0.25) is 0 Å². The van der Waals surface area contributed by atoms with Gasteiger partial charge in [-0.2, -0.15) is 0 Å². The summed E-state index contributed by atoms with van der Waals surface area (Å²) in [6.07, 6.45) is 0. The molecule has 0 amide bonds. The summed E-state index contributed by atoms with van der Waals surface area (Å²) in [6, 6.07) is 0.477. The Labute approximate surface area is 50.6 Å². The first-order chi connectivity index (χ1) is 3.81. The minimum atomic E-state index is 0.477. The third kappa shape index (κ3) is 4.05. The van der Waals surface area contributed by atoms with Gasteiger partial charge in [-0.25, -0.2) is 0 Å². The van der Waals surface area contributed by atoms with E-state index in [2.05, 4.69) is 17.6 Å². The third-order valence-corrected chi connectivity index (χ3v) is 0.977. The van der Waals surface area contributed by atoms with E-state index in [0.29, 0.717) is 12.7 Å². The zero-order chi connectivity index (χ0) is 6.41. The minimum absolute atomic E-state index is 0.477. The molecule has 1 unspecified atom stereocenters. The van der Waals surface area contributed by atoms with Gasteiger partial charge in [-0.15, -0.1) is 0 Å². The van der Waals surface area contributed by atoms with E-state index in [9.17, 15) is 0 Å². The second-order valence-electron chi connectivity index (χ2n) is 1.87. The molecule has 0 aromatic carbocycles. The highest BCUT2D eigenvalue weighted by atomic mass is 15.0. The number of hydrogen-bond acceptors (Lipinski definition) is 3. The van der Waals surface area contributed by atoms with Crippen LogP contribution in [0.4, 0.5) is 0 Å². The molecule has 0 saturated carbocycles. The molecule has 0 aromatic heterocycles. The molecule has 3 heteroatoms. The van der Waals surface area contributed by atoms with Gasteiger partial charge in [0.05, 0.1) is 0 Å². The number of rotatable bonds is 4. The molecule has 0 aromatic rings. The van der Waals surface area contributed by atoms with E-state index in [1.807, 2.05) is 7.05 Å². The van der Waals surface area contributed by atoms with Crippen molar-refractivity contribution < 1.29 is 0 Å². The SMILES string of the molecule is CNCC(C)NCN. The van der Waals surface area contributed by atoms with Crippen LogP contribution in [0, 0.1) is 0 Å². The quantitative estimate of drug-likeness (QED) is 0.418. The molecule has 0 heterocycles. The average molecular weight is 117 g/mol. The summed E-state index contributed by atoms with van der Waals surface area (Å²) in [6.45, 7) is 3.61. The van der Waals surface area contributed by atoms with Gasteiger partial charge in [0, 0.05) is 19.3 Å². The molecule has 0 aliphatic heterocycles. The lowest BCUT2D eigenvalue weighted by Crippen LogP contribution is -2.38. The molecule has 0 aliphatic rings. The number of likely N-dealkylation sites (N-methyl/N-ethyl adjacent to an activating group) is 1. The summed E-state index contributed by atoms with van der Waals surface area (Å²) in [5.74, 6) is 0. The largest absolute Gasteiger partial charge is 0.318 e. The van der Waals surface area contributed by atoms with E-state index in [0.717, 1.165) is 6.54 Å². The Morgan fingerprint density at radius 2 is 2.25 bits per heavy atom. The van der Waals surface area contributed by atoms with Crippen LogP contribution in [0.5, 0.6) is 0 Å². The molecular formula is C5H15N3. The maximum atomic E-state index is 5.22. The molecular weight excluding hydrogens is 102 g/mol. The summed E-state index contributed by atoms with van der Waals surface area (Å²) in [5, 5.41) is 6.10. The second kappa shape index (κ2) is 5.03. The smallest absolute Gasteiger partial charge is 0.0431 e. The maximum absolute atomic E-state index is 5.22. The van der Waals surface area contributed by atoms with E-state index in [1.54, 1.807) is 0 Å². The fraction of sp³-hybridized carbons (Fsp3) is 1.00. The van der Waals surface area contributed by atoms with Crippen LogP contribution < -0.4 is 16.4 Å². The molecule has 0 spiro atoms. The van der Waals surface area contributed by atoms with Crippen molar-refractivity contribution >= 4 is 0 Å². The summed E-state index contributed by atoms with van der Waals surface area (Å²) in [4.78, 5) is 0. The number of nitrogens with one attached hydrogen (secondary N) is 2. The van der Waals surface area contributed by atoms with Gasteiger partial charge in [0.1, 0.15) is 0 Å². The molecule has 0 radical (unpaired) electrons. The number of nitrogens with two attached hydrogens (primary N) is 1. The van der Waals surface area contributed by atoms with E-state index < -0.39 is 0 Å². The van der Waals surface area contributed by atoms with Gasteiger partial charge in [0.15, 0.2) is 0 Å². The molecule has 0 saturated heterocycles. The summed E-state index contributed by atoms with van der Waals surface area (Å²) in [7, 11) is 1.93. The van der Waals surface area contributed by atoms with Gasteiger partial charge in [-0.05, 0) is 14.0 Å². The van der Waals surface area contributed by atoms with Crippen LogP contribution in [-0.4, -0.2) is 26.3 Å². The van der Waals surface area contributed by atoms with Gasteiger partial charge in [-0.3, -0.25) is 0 Å². The normalized spacial score (nSPS) is 13.9.